The first-order valence-corrected chi connectivity index (χ1v) is 5.38. The molecule has 6 heteroatoms. The quantitative estimate of drug-likeness (QED) is 0.718. The number of rotatable bonds is 1. The first kappa shape index (κ1) is 10.2. The van der Waals surface area contributed by atoms with Crippen LogP contribution < -0.4 is 5.73 Å². The highest BCUT2D eigenvalue weighted by molar-refractivity contribution is 6.34. The molecule has 5 nitrogen and oxygen atoms in total. The van der Waals surface area contributed by atoms with Gasteiger partial charge >= 0.3 is 0 Å². The molecule has 0 saturated carbocycles. The Labute approximate surface area is 102 Å². The fourth-order valence-corrected chi connectivity index (χ4v) is 2.07. The molecule has 0 amide bonds. The van der Waals surface area contributed by atoms with Crippen LogP contribution in [0.5, 0.6) is 0 Å². The summed E-state index contributed by atoms with van der Waals surface area (Å²) in [5.41, 5.74) is 8.04. The largest absolute Gasteiger partial charge is 0.368 e. The molecule has 0 saturated heterocycles. The minimum absolute atomic E-state index is 0.295. The van der Waals surface area contributed by atoms with E-state index < -0.39 is 0 Å². The SMILES string of the molecule is Cn1nc(Cl)c2ccc(-c3cc(N)on3)cc21. The van der Waals surface area contributed by atoms with E-state index >= 15 is 0 Å². The number of aryl methyl sites for hydroxylation is 1. The Balaban J connectivity index is 2.22. The van der Waals surface area contributed by atoms with Crippen LogP contribution in [0.1, 0.15) is 0 Å². The van der Waals surface area contributed by atoms with E-state index in [9.17, 15) is 0 Å². The second-order valence-electron chi connectivity index (χ2n) is 3.76. The minimum atomic E-state index is 0.295. The van der Waals surface area contributed by atoms with Gasteiger partial charge < -0.3 is 10.3 Å². The van der Waals surface area contributed by atoms with Crippen molar-refractivity contribution in [3.8, 4) is 11.3 Å². The van der Waals surface area contributed by atoms with Crippen LogP contribution in [0.4, 0.5) is 5.88 Å². The Kier molecular flexibility index (Phi) is 2.09. The molecule has 2 N–H and O–H groups in total. The molecule has 0 aliphatic rings. The number of nitrogens with zero attached hydrogens (tertiary/aromatic N) is 3. The highest BCUT2D eigenvalue weighted by Crippen LogP contribution is 2.28. The summed E-state index contributed by atoms with van der Waals surface area (Å²) in [6.07, 6.45) is 0. The van der Waals surface area contributed by atoms with Crippen molar-refractivity contribution in [1.82, 2.24) is 14.9 Å². The van der Waals surface area contributed by atoms with Crippen LogP contribution in [0.25, 0.3) is 22.2 Å². The van der Waals surface area contributed by atoms with Crippen LogP contribution in [0.15, 0.2) is 28.8 Å². The van der Waals surface area contributed by atoms with Crippen LogP contribution >= 0.6 is 11.6 Å². The lowest BCUT2D eigenvalue weighted by Crippen LogP contribution is -1.89. The summed E-state index contributed by atoms with van der Waals surface area (Å²) in [7, 11) is 1.84. The van der Waals surface area contributed by atoms with Crippen molar-refractivity contribution in [2.24, 2.45) is 7.05 Å². The third-order valence-corrected chi connectivity index (χ3v) is 2.91. The van der Waals surface area contributed by atoms with E-state index in [1.807, 2.05) is 25.2 Å². The van der Waals surface area contributed by atoms with Gasteiger partial charge in [-0.2, -0.15) is 5.10 Å². The van der Waals surface area contributed by atoms with E-state index in [2.05, 4.69) is 10.3 Å². The van der Waals surface area contributed by atoms with Gasteiger partial charge in [0, 0.05) is 24.1 Å². The smallest absolute Gasteiger partial charge is 0.222 e. The maximum absolute atomic E-state index is 5.99. The highest BCUT2D eigenvalue weighted by Gasteiger charge is 2.10. The average Bonchev–Trinajstić information content (AvgIpc) is 2.85. The van der Waals surface area contributed by atoms with Gasteiger partial charge in [-0.15, -0.1) is 0 Å². The minimum Gasteiger partial charge on any atom is -0.368 e. The second-order valence-corrected chi connectivity index (χ2v) is 4.12. The molecule has 0 fully saturated rings. The normalized spacial score (nSPS) is 11.2. The molecule has 0 unspecified atom stereocenters. The lowest BCUT2D eigenvalue weighted by molar-refractivity contribution is 0.439. The molecular formula is C11H9ClN4O. The van der Waals surface area contributed by atoms with Gasteiger partial charge in [0.1, 0.15) is 5.69 Å². The van der Waals surface area contributed by atoms with Crippen molar-refractivity contribution in [2.45, 2.75) is 0 Å². The molecule has 17 heavy (non-hydrogen) atoms. The van der Waals surface area contributed by atoms with Crippen molar-refractivity contribution in [3.63, 3.8) is 0 Å². The molecular weight excluding hydrogens is 240 g/mol. The Morgan fingerprint density at radius 2 is 2.18 bits per heavy atom. The molecule has 0 aliphatic heterocycles. The van der Waals surface area contributed by atoms with Crippen LogP contribution in [0, 0.1) is 0 Å². The number of nitrogen functional groups attached to an aromatic ring is 1. The molecule has 86 valence electrons. The van der Waals surface area contributed by atoms with Crippen LogP contribution in [0.2, 0.25) is 5.15 Å². The lowest BCUT2D eigenvalue weighted by atomic mass is 10.1. The zero-order valence-electron chi connectivity index (χ0n) is 9.01. The average molecular weight is 249 g/mol. The van der Waals surface area contributed by atoms with Crippen molar-refractivity contribution < 1.29 is 4.52 Å². The van der Waals surface area contributed by atoms with E-state index in [1.54, 1.807) is 10.7 Å². The van der Waals surface area contributed by atoms with Crippen LogP contribution in [-0.4, -0.2) is 14.9 Å². The number of hydrogen-bond acceptors (Lipinski definition) is 4. The number of fused-ring (bicyclic) bond motifs is 1. The predicted molar refractivity (Wildman–Crippen MR) is 65.6 cm³/mol. The zero-order chi connectivity index (χ0) is 12.0. The second kappa shape index (κ2) is 3.49. The van der Waals surface area contributed by atoms with Gasteiger partial charge in [-0.1, -0.05) is 22.8 Å². The highest BCUT2D eigenvalue weighted by atomic mass is 35.5. The van der Waals surface area contributed by atoms with E-state index in [0.717, 1.165) is 16.5 Å². The number of benzene rings is 1. The van der Waals surface area contributed by atoms with Gasteiger partial charge in [0.25, 0.3) is 0 Å². The molecule has 3 rings (SSSR count). The molecule has 2 aromatic heterocycles. The molecule has 0 bridgehead atoms. The van der Waals surface area contributed by atoms with Crippen molar-refractivity contribution in [3.05, 3.63) is 29.4 Å². The maximum Gasteiger partial charge on any atom is 0.222 e. The summed E-state index contributed by atoms with van der Waals surface area (Å²) < 4.78 is 6.57. The third-order valence-electron chi connectivity index (χ3n) is 2.63. The Morgan fingerprint density at radius 1 is 1.35 bits per heavy atom. The number of aromatic nitrogens is 3. The summed E-state index contributed by atoms with van der Waals surface area (Å²) in [6.45, 7) is 0. The Morgan fingerprint density at radius 3 is 2.88 bits per heavy atom. The lowest BCUT2D eigenvalue weighted by Gasteiger charge is -1.97. The Hall–Kier alpha value is -2.01. The number of hydrogen-bond donors (Lipinski definition) is 1. The van der Waals surface area contributed by atoms with Crippen LogP contribution in [0.3, 0.4) is 0 Å². The molecule has 0 aliphatic carbocycles. The van der Waals surface area contributed by atoms with Gasteiger partial charge in [-0.05, 0) is 12.1 Å². The van der Waals surface area contributed by atoms with E-state index in [0.29, 0.717) is 16.7 Å². The van der Waals surface area contributed by atoms with Crippen molar-refractivity contribution in [1.29, 1.82) is 0 Å². The number of halogens is 1. The summed E-state index contributed by atoms with van der Waals surface area (Å²) in [5.74, 6) is 0.295. The Bertz CT molecular complexity index is 701. The maximum atomic E-state index is 5.99. The van der Waals surface area contributed by atoms with Gasteiger partial charge in [0.15, 0.2) is 5.15 Å². The number of nitrogens with two attached hydrogens (primary N) is 1. The first-order chi connectivity index (χ1) is 8.15. The molecule has 0 radical (unpaired) electrons. The van der Waals surface area contributed by atoms with Gasteiger partial charge in [0.05, 0.1) is 5.52 Å². The summed E-state index contributed by atoms with van der Waals surface area (Å²) in [6, 6.07) is 7.45. The standard InChI is InChI=1S/C11H9ClN4O/c1-16-9-4-6(8-5-10(13)17-15-8)2-3-7(9)11(12)14-16/h2-5H,13H2,1H3. The number of anilines is 1. The van der Waals surface area contributed by atoms with Gasteiger partial charge in [-0.25, -0.2) is 0 Å². The van der Waals surface area contributed by atoms with Gasteiger partial charge in [-0.3, -0.25) is 4.68 Å². The molecule has 0 atom stereocenters. The zero-order valence-corrected chi connectivity index (χ0v) is 9.77. The van der Waals surface area contributed by atoms with Crippen molar-refractivity contribution in [2.75, 3.05) is 5.73 Å². The molecule has 0 spiro atoms. The predicted octanol–water partition coefficient (Wildman–Crippen LogP) is 2.46. The first-order valence-electron chi connectivity index (χ1n) is 5.00. The van der Waals surface area contributed by atoms with Gasteiger partial charge in [0.2, 0.25) is 5.88 Å². The molecule has 1 aromatic carbocycles. The van der Waals surface area contributed by atoms with E-state index in [4.69, 9.17) is 21.9 Å². The van der Waals surface area contributed by atoms with E-state index in [-0.39, 0.29) is 0 Å². The summed E-state index contributed by atoms with van der Waals surface area (Å²) in [5, 5.41) is 9.42. The monoisotopic (exact) mass is 248 g/mol. The van der Waals surface area contributed by atoms with Crippen molar-refractivity contribution >= 4 is 28.4 Å². The van der Waals surface area contributed by atoms with E-state index in [1.165, 1.54) is 0 Å². The third kappa shape index (κ3) is 1.55. The topological polar surface area (TPSA) is 69.9 Å². The fraction of sp³-hybridized carbons (Fsp3) is 0.0909. The van der Waals surface area contributed by atoms with Crippen LogP contribution in [-0.2, 0) is 7.05 Å². The summed E-state index contributed by atoms with van der Waals surface area (Å²) in [4.78, 5) is 0. The fourth-order valence-electron chi connectivity index (χ4n) is 1.80. The molecule has 2 heterocycles. The molecule has 3 aromatic rings. The summed E-state index contributed by atoms with van der Waals surface area (Å²) >= 11 is 5.99.